The largest absolute Gasteiger partial charge is 0.490 e. The van der Waals surface area contributed by atoms with Gasteiger partial charge < -0.3 is 21.1 Å². The van der Waals surface area contributed by atoms with Gasteiger partial charge in [0, 0.05) is 37.4 Å². The van der Waals surface area contributed by atoms with E-state index in [9.17, 15) is 13.2 Å². The molecule has 150 valence electrons. The lowest BCUT2D eigenvalue weighted by Gasteiger charge is -2.19. The second-order valence-electron chi connectivity index (χ2n) is 6.91. The SMILES string of the molecule is Nc1cccc(-c2ccc(N3CC4CNCC4C3)cn2)c1.O=C(O)C(F)(F)F. The highest BCUT2D eigenvalue weighted by Gasteiger charge is 2.38. The zero-order valence-electron chi connectivity index (χ0n) is 15.0. The molecule has 28 heavy (non-hydrogen) atoms. The Hall–Kier alpha value is -2.81. The molecular formula is C19H21F3N4O2. The molecule has 0 amide bonds. The molecule has 0 saturated carbocycles. The fourth-order valence-corrected chi connectivity index (χ4v) is 3.51. The highest BCUT2D eigenvalue weighted by Crippen LogP contribution is 2.31. The topological polar surface area (TPSA) is 91.5 Å². The normalized spacial score (nSPS) is 21.0. The van der Waals surface area contributed by atoms with Crippen LogP contribution in [0, 0.1) is 11.8 Å². The predicted octanol–water partition coefficient (Wildman–Crippen LogP) is 2.62. The number of aliphatic carboxylic acids is 1. The molecule has 2 unspecified atom stereocenters. The third kappa shape index (κ3) is 4.72. The molecule has 2 aromatic rings. The van der Waals surface area contributed by atoms with Crippen LogP contribution in [0.3, 0.4) is 0 Å². The van der Waals surface area contributed by atoms with Crippen molar-refractivity contribution in [2.24, 2.45) is 11.8 Å². The first-order valence-corrected chi connectivity index (χ1v) is 8.82. The molecule has 0 bridgehead atoms. The minimum Gasteiger partial charge on any atom is -0.475 e. The number of nitrogens with one attached hydrogen (secondary N) is 1. The number of aromatic nitrogens is 1. The Morgan fingerprint density at radius 1 is 1.18 bits per heavy atom. The van der Waals surface area contributed by atoms with Crippen LogP contribution in [-0.2, 0) is 4.79 Å². The van der Waals surface area contributed by atoms with E-state index in [4.69, 9.17) is 15.6 Å². The maximum absolute atomic E-state index is 10.6. The Morgan fingerprint density at radius 3 is 2.32 bits per heavy atom. The first-order valence-electron chi connectivity index (χ1n) is 8.82. The number of carbonyl (C=O) groups is 1. The standard InChI is InChI=1S/C17H20N4.C2HF3O2/c18-15-3-1-2-12(6-15)17-5-4-16(9-20-17)21-10-13-7-19-8-14(13)11-21;3-2(4,5)1(6)7/h1-6,9,13-14,19H,7-8,10-11,18H2;(H,6,7). The summed E-state index contributed by atoms with van der Waals surface area (Å²) in [6, 6.07) is 12.2. The van der Waals surface area contributed by atoms with Crippen molar-refractivity contribution in [3.8, 4) is 11.3 Å². The van der Waals surface area contributed by atoms with Gasteiger partial charge in [-0.1, -0.05) is 12.1 Å². The molecule has 6 nitrogen and oxygen atoms in total. The molecule has 2 saturated heterocycles. The summed E-state index contributed by atoms with van der Waals surface area (Å²) in [5.74, 6) is -1.15. The smallest absolute Gasteiger partial charge is 0.475 e. The summed E-state index contributed by atoms with van der Waals surface area (Å²) < 4.78 is 31.7. The van der Waals surface area contributed by atoms with E-state index in [1.807, 2.05) is 30.5 Å². The first kappa shape index (κ1) is 19.9. The fourth-order valence-electron chi connectivity index (χ4n) is 3.51. The van der Waals surface area contributed by atoms with E-state index in [-0.39, 0.29) is 0 Å². The molecule has 3 heterocycles. The van der Waals surface area contributed by atoms with Crippen molar-refractivity contribution in [3.05, 3.63) is 42.6 Å². The molecule has 0 spiro atoms. The number of alkyl halides is 3. The van der Waals surface area contributed by atoms with Gasteiger partial charge >= 0.3 is 12.1 Å². The molecule has 4 rings (SSSR count). The average molecular weight is 394 g/mol. The predicted molar refractivity (Wildman–Crippen MR) is 99.8 cm³/mol. The van der Waals surface area contributed by atoms with Crippen LogP contribution in [-0.4, -0.2) is 48.4 Å². The van der Waals surface area contributed by atoms with E-state index in [0.717, 1.165) is 55.0 Å². The Kier molecular flexibility index (Phi) is 5.73. The molecule has 2 fully saturated rings. The fraction of sp³-hybridized carbons (Fsp3) is 0.368. The van der Waals surface area contributed by atoms with Gasteiger partial charge in [-0.15, -0.1) is 0 Å². The van der Waals surface area contributed by atoms with E-state index >= 15 is 0 Å². The Labute approximate surface area is 160 Å². The molecular weight excluding hydrogens is 373 g/mol. The maximum Gasteiger partial charge on any atom is 0.490 e. The third-order valence-corrected chi connectivity index (χ3v) is 4.93. The van der Waals surface area contributed by atoms with Gasteiger partial charge in [0.05, 0.1) is 17.6 Å². The number of anilines is 2. The number of carboxylic acids is 1. The van der Waals surface area contributed by atoms with Gasteiger partial charge in [0.25, 0.3) is 0 Å². The van der Waals surface area contributed by atoms with Crippen molar-refractivity contribution in [2.45, 2.75) is 6.18 Å². The summed E-state index contributed by atoms with van der Waals surface area (Å²) >= 11 is 0. The van der Waals surface area contributed by atoms with Crippen LogP contribution >= 0.6 is 0 Å². The molecule has 0 radical (unpaired) electrons. The number of rotatable bonds is 2. The van der Waals surface area contributed by atoms with Crippen molar-refractivity contribution in [1.29, 1.82) is 0 Å². The van der Waals surface area contributed by atoms with Gasteiger partial charge in [-0.2, -0.15) is 13.2 Å². The van der Waals surface area contributed by atoms with E-state index in [2.05, 4.69) is 27.3 Å². The molecule has 1 aromatic heterocycles. The number of carboxylic acid groups (broad SMARTS) is 1. The van der Waals surface area contributed by atoms with Gasteiger partial charge in [0.2, 0.25) is 0 Å². The van der Waals surface area contributed by atoms with Crippen molar-refractivity contribution in [1.82, 2.24) is 10.3 Å². The van der Waals surface area contributed by atoms with Crippen LogP contribution in [0.15, 0.2) is 42.6 Å². The number of hydrogen-bond donors (Lipinski definition) is 3. The summed E-state index contributed by atoms with van der Waals surface area (Å²) in [5, 5.41) is 10.6. The number of nitrogens with two attached hydrogens (primary N) is 1. The average Bonchev–Trinajstić information content (AvgIpc) is 3.23. The minimum atomic E-state index is -5.08. The summed E-state index contributed by atoms with van der Waals surface area (Å²) in [6.45, 7) is 4.62. The number of fused-ring (bicyclic) bond motifs is 1. The summed E-state index contributed by atoms with van der Waals surface area (Å²) in [5.41, 5.74) is 9.90. The summed E-state index contributed by atoms with van der Waals surface area (Å²) in [7, 11) is 0. The second-order valence-corrected chi connectivity index (χ2v) is 6.91. The zero-order valence-corrected chi connectivity index (χ0v) is 15.0. The van der Waals surface area contributed by atoms with E-state index in [0.29, 0.717) is 0 Å². The number of pyridine rings is 1. The lowest BCUT2D eigenvalue weighted by molar-refractivity contribution is -0.192. The van der Waals surface area contributed by atoms with Gasteiger partial charge in [0.1, 0.15) is 0 Å². The number of halogens is 3. The molecule has 4 N–H and O–H groups in total. The second kappa shape index (κ2) is 8.05. The van der Waals surface area contributed by atoms with Gasteiger partial charge in [-0.05, 0) is 36.1 Å². The van der Waals surface area contributed by atoms with Crippen molar-refractivity contribution in [3.63, 3.8) is 0 Å². The van der Waals surface area contributed by atoms with Crippen LogP contribution in [0.2, 0.25) is 0 Å². The molecule has 1 aromatic carbocycles. The molecule has 2 aliphatic rings. The summed E-state index contributed by atoms with van der Waals surface area (Å²) in [6.07, 6.45) is -3.09. The van der Waals surface area contributed by atoms with Gasteiger partial charge in [-0.25, -0.2) is 4.79 Å². The van der Waals surface area contributed by atoms with E-state index in [1.165, 1.54) is 5.69 Å². The van der Waals surface area contributed by atoms with Crippen LogP contribution in [0.25, 0.3) is 11.3 Å². The molecule has 9 heteroatoms. The van der Waals surface area contributed by atoms with Gasteiger partial charge in [-0.3, -0.25) is 4.98 Å². The molecule has 0 aliphatic carbocycles. The van der Waals surface area contributed by atoms with Crippen molar-refractivity contribution < 1.29 is 23.1 Å². The first-order chi connectivity index (χ1) is 13.2. The lowest BCUT2D eigenvalue weighted by atomic mass is 10.0. The Morgan fingerprint density at radius 2 is 1.82 bits per heavy atom. The monoisotopic (exact) mass is 394 g/mol. The van der Waals surface area contributed by atoms with Crippen molar-refractivity contribution >= 4 is 17.3 Å². The van der Waals surface area contributed by atoms with Crippen LogP contribution in [0.5, 0.6) is 0 Å². The third-order valence-electron chi connectivity index (χ3n) is 4.93. The quantitative estimate of drug-likeness (QED) is 0.679. The van der Waals surface area contributed by atoms with Crippen LogP contribution in [0.1, 0.15) is 0 Å². The van der Waals surface area contributed by atoms with Crippen LogP contribution in [0.4, 0.5) is 24.5 Å². The number of benzene rings is 1. The zero-order chi connectivity index (χ0) is 20.3. The highest BCUT2D eigenvalue weighted by molar-refractivity contribution is 5.73. The number of nitrogen functional groups attached to an aromatic ring is 1. The van der Waals surface area contributed by atoms with Crippen molar-refractivity contribution in [2.75, 3.05) is 36.8 Å². The maximum atomic E-state index is 10.6. The summed E-state index contributed by atoms with van der Waals surface area (Å²) in [4.78, 5) is 16.0. The van der Waals surface area contributed by atoms with Gasteiger partial charge in [0.15, 0.2) is 0 Å². The van der Waals surface area contributed by atoms with E-state index in [1.54, 1.807) is 0 Å². The number of hydrogen-bond acceptors (Lipinski definition) is 5. The van der Waals surface area contributed by atoms with E-state index < -0.39 is 12.1 Å². The lowest BCUT2D eigenvalue weighted by Crippen LogP contribution is -2.25. The number of nitrogens with zero attached hydrogens (tertiary/aromatic N) is 2. The highest BCUT2D eigenvalue weighted by atomic mass is 19.4. The minimum absolute atomic E-state index is 0.776. The molecule has 2 atom stereocenters. The van der Waals surface area contributed by atoms with Crippen LogP contribution < -0.4 is 16.0 Å². The Bertz CT molecular complexity index is 815. The molecule has 2 aliphatic heterocycles. The Balaban J connectivity index is 0.000000279.